The van der Waals surface area contributed by atoms with Crippen molar-refractivity contribution in [3.8, 4) is 11.1 Å². The first kappa shape index (κ1) is 11.0. The minimum atomic E-state index is -0.361. The molecule has 0 atom stereocenters. The van der Waals surface area contributed by atoms with Crippen LogP contribution >= 0.6 is 11.6 Å². The van der Waals surface area contributed by atoms with Crippen molar-refractivity contribution in [2.24, 2.45) is 5.73 Å². The smallest absolute Gasteiger partial charge is 0.125 e. The lowest BCUT2D eigenvalue weighted by Gasteiger charge is -2.04. The van der Waals surface area contributed by atoms with E-state index in [1.165, 1.54) is 12.1 Å². The monoisotopic (exact) mass is 236 g/mol. The Morgan fingerprint density at radius 2 is 1.94 bits per heavy atom. The van der Waals surface area contributed by atoms with Crippen molar-refractivity contribution >= 4 is 11.6 Å². The SMILES string of the molecule is NCc1cncc(-c2cc(F)cc(Cl)c2)c1. The van der Waals surface area contributed by atoms with E-state index in [0.717, 1.165) is 11.1 Å². The lowest BCUT2D eigenvalue weighted by molar-refractivity contribution is 0.628. The molecule has 16 heavy (non-hydrogen) atoms. The molecular formula is C12H10ClFN2. The molecule has 0 spiro atoms. The van der Waals surface area contributed by atoms with Gasteiger partial charge in [0, 0.05) is 29.5 Å². The van der Waals surface area contributed by atoms with Crippen LogP contribution < -0.4 is 5.73 Å². The zero-order valence-corrected chi connectivity index (χ0v) is 9.21. The Morgan fingerprint density at radius 1 is 1.12 bits per heavy atom. The first-order chi connectivity index (χ1) is 7.69. The summed E-state index contributed by atoms with van der Waals surface area (Å²) in [5, 5.41) is 0.369. The number of halogens is 2. The van der Waals surface area contributed by atoms with Crippen molar-refractivity contribution in [3.05, 3.63) is 53.1 Å². The third-order valence-corrected chi connectivity index (χ3v) is 2.44. The predicted molar refractivity (Wildman–Crippen MR) is 62.5 cm³/mol. The Labute approximate surface area is 97.9 Å². The molecule has 1 aromatic heterocycles. The predicted octanol–water partition coefficient (Wildman–Crippen LogP) is 3.00. The molecule has 0 fully saturated rings. The molecule has 2 nitrogen and oxygen atoms in total. The van der Waals surface area contributed by atoms with Crippen LogP contribution in [0.3, 0.4) is 0 Å². The molecule has 82 valence electrons. The van der Waals surface area contributed by atoms with Gasteiger partial charge in [-0.15, -0.1) is 0 Å². The highest BCUT2D eigenvalue weighted by Crippen LogP contribution is 2.24. The maximum atomic E-state index is 13.2. The van der Waals surface area contributed by atoms with E-state index in [-0.39, 0.29) is 5.82 Å². The third-order valence-electron chi connectivity index (χ3n) is 2.23. The second-order valence-electron chi connectivity index (χ2n) is 3.44. The Kier molecular flexibility index (Phi) is 3.17. The summed E-state index contributed by atoms with van der Waals surface area (Å²) in [4.78, 5) is 4.05. The van der Waals surface area contributed by atoms with Gasteiger partial charge in [-0.1, -0.05) is 11.6 Å². The maximum absolute atomic E-state index is 13.2. The molecule has 0 aliphatic rings. The van der Waals surface area contributed by atoms with Crippen molar-refractivity contribution in [1.82, 2.24) is 4.98 Å². The topological polar surface area (TPSA) is 38.9 Å². The first-order valence-corrected chi connectivity index (χ1v) is 5.17. The van der Waals surface area contributed by atoms with Crippen molar-refractivity contribution < 1.29 is 4.39 Å². The molecular weight excluding hydrogens is 227 g/mol. The largest absolute Gasteiger partial charge is 0.326 e. The zero-order chi connectivity index (χ0) is 11.5. The van der Waals surface area contributed by atoms with Crippen molar-refractivity contribution in [2.75, 3.05) is 0 Å². The van der Waals surface area contributed by atoms with Crippen LogP contribution in [0.5, 0.6) is 0 Å². The number of nitrogens with zero attached hydrogens (tertiary/aromatic N) is 1. The highest BCUT2D eigenvalue weighted by molar-refractivity contribution is 6.30. The third kappa shape index (κ3) is 2.38. The molecule has 0 amide bonds. The molecule has 4 heteroatoms. The van der Waals surface area contributed by atoms with E-state index in [2.05, 4.69) is 4.98 Å². The van der Waals surface area contributed by atoms with E-state index in [1.807, 2.05) is 6.07 Å². The first-order valence-electron chi connectivity index (χ1n) is 4.79. The minimum Gasteiger partial charge on any atom is -0.326 e. The van der Waals surface area contributed by atoms with Crippen LogP contribution in [0.25, 0.3) is 11.1 Å². The fourth-order valence-electron chi connectivity index (χ4n) is 1.48. The van der Waals surface area contributed by atoms with Crippen LogP contribution in [-0.2, 0) is 6.54 Å². The summed E-state index contributed by atoms with van der Waals surface area (Å²) in [5.41, 5.74) is 7.93. The van der Waals surface area contributed by atoms with Crippen LogP contribution in [-0.4, -0.2) is 4.98 Å². The second-order valence-corrected chi connectivity index (χ2v) is 3.88. The summed E-state index contributed by atoms with van der Waals surface area (Å²) in [7, 11) is 0. The van der Waals surface area contributed by atoms with Crippen molar-refractivity contribution in [3.63, 3.8) is 0 Å². The molecule has 1 heterocycles. The molecule has 0 aliphatic heterocycles. The second kappa shape index (κ2) is 4.60. The zero-order valence-electron chi connectivity index (χ0n) is 8.45. The summed E-state index contributed by atoms with van der Waals surface area (Å²) in [5.74, 6) is -0.361. The van der Waals surface area contributed by atoms with E-state index in [0.29, 0.717) is 17.1 Å². The van der Waals surface area contributed by atoms with Crippen LogP contribution in [0.1, 0.15) is 5.56 Å². The van der Waals surface area contributed by atoms with E-state index in [9.17, 15) is 4.39 Å². The van der Waals surface area contributed by atoms with E-state index >= 15 is 0 Å². The number of benzene rings is 1. The Bertz CT molecular complexity index is 494. The molecule has 0 radical (unpaired) electrons. The Hall–Kier alpha value is -1.45. The van der Waals surface area contributed by atoms with E-state index < -0.39 is 0 Å². The minimum absolute atomic E-state index is 0.361. The van der Waals surface area contributed by atoms with Crippen molar-refractivity contribution in [2.45, 2.75) is 6.54 Å². The van der Waals surface area contributed by atoms with E-state index in [4.69, 9.17) is 17.3 Å². The number of hydrogen-bond donors (Lipinski definition) is 1. The standard InChI is InChI=1S/C12H10ClFN2/c13-11-2-9(3-12(14)4-11)10-1-8(5-15)6-16-7-10/h1-4,6-7H,5,15H2. The molecule has 0 unspecified atom stereocenters. The van der Waals surface area contributed by atoms with Gasteiger partial charge in [-0.3, -0.25) is 4.98 Å². The summed E-state index contributed by atoms with van der Waals surface area (Å²) in [6.45, 7) is 0.407. The fourth-order valence-corrected chi connectivity index (χ4v) is 1.70. The molecule has 0 bridgehead atoms. The number of hydrogen-bond acceptors (Lipinski definition) is 2. The molecule has 0 saturated heterocycles. The van der Waals surface area contributed by atoms with Crippen LogP contribution in [0.4, 0.5) is 4.39 Å². The normalized spacial score (nSPS) is 10.4. The van der Waals surface area contributed by atoms with Gasteiger partial charge in [0.05, 0.1) is 0 Å². The lowest BCUT2D eigenvalue weighted by Crippen LogP contribution is -1.97. The maximum Gasteiger partial charge on any atom is 0.125 e. The fraction of sp³-hybridized carbons (Fsp3) is 0.0833. The number of rotatable bonds is 2. The van der Waals surface area contributed by atoms with Gasteiger partial charge in [0.2, 0.25) is 0 Å². The average Bonchev–Trinajstić information content (AvgIpc) is 2.28. The van der Waals surface area contributed by atoms with Gasteiger partial charge < -0.3 is 5.73 Å². The van der Waals surface area contributed by atoms with E-state index in [1.54, 1.807) is 18.5 Å². The number of nitrogens with two attached hydrogens (primary N) is 1. The molecule has 1 aromatic carbocycles. The van der Waals surface area contributed by atoms with Gasteiger partial charge in [-0.05, 0) is 35.4 Å². The van der Waals surface area contributed by atoms with Gasteiger partial charge in [-0.2, -0.15) is 0 Å². The Balaban J connectivity index is 2.49. The molecule has 2 rings (SSSR count). The number of aromatic nitrogens is 1. The summed E-state index contributed by atoms with van der Waals surface area (Å²) < 4.78 is 13.2. The summed E-state index contributed by atoms with van der Waals surface area (Å²) in [6, 6.07) is 6.26. The summed E-state index contributed by atoms with van der Waals surface area (Å²) in [6.07, 6.45) is 3.34. The molecule has 2 N–H and O–H groups in total. The molecule has 0 saturated carbocycles. The van der Waals surface area contributed by atoms with Gasteiger partial charge >= 0.3 is 0 Å². The summed E-state index contributed by atoms with van der Waals surface area (Å²) >= 11 is 5.79. The van der Waals surface area contributed by atoms with Gasteiger partial charge in [0.15, 0.2) is 0 Å². The van der Waals surface area contributed by atoms with Gasteiger partial charge in [-0.25, -0.2) is 4.39 Å². The molecule has 0 aliphatic carbocycles. The van der Waals surface area contributed by atoms with Gasteiger partial charge in [0.1, 0.15) is 5.82 Å². The van der Waals surface area contributed by atoms with Crippen LogP contribution in [0.2, 0.25) is 5.02 Å². The highest BCUT2D eigenvalue weighted by atomic mass is 35.5. The average molecular weight is 237 g/mol. The molecule has 2 aromatic rings. The number of pyridine rings is 1. The van der Waals surface area contributed by atoms with Crippen LogP contribution in [0.15, 0.2) is 36.7 Å². The highest BCUT2D eigenvalue weighted by Gasteiger charge is 2.03. The lowest BCUT2D eigenvalue weighted by atomic mass is 10.1. The van der Waals surface area contributed by atoms with Crippen LogP contribution in [0, 0.1) is 5.82 Å². The van der Waals surface area contributed by atoms with Crippen molar-refractivity contribution in [1.29, 1.82) is 0 Å². The Morgan fingerprint density at radius 3 is 2.62 bits per heavy atom. The quantitative estimate of drug-likeness (QED) is 0.871. The van der Waals surface area contributed by atoms with Gasteiger partial charge in [0.25, 0.3) is 0 Å².